The average Bonchev–Trinajstić information content (AvgIpc) is 2.82. The summed E-state index contributed by atoms with van der Waals surface area (Å²) in [6, 6.07) is 8.38. The minimum atomic E-state index is -4.58. The van der Waals surface area contributed by atoms with Crippen molar-refractivity contribution in [2.45, 2.75) is 18.8 Å². The van der Waals surface area contributed by atoms with E-state index in [0.717, 1.165) is 12.1 Å². The van der Waals surface area contributed by atoms with Crippen LogP contribution in [0.15, 0.2) is 42.5 Å². The van der Waals surface area contributed by atoms with Crippen molar-refractivity contribution in [2.75, 3.05) is 26.9 Å². The van der Waals surface area contributed by atoms with Crippen LogP contribution in [0.1, 0.15) is 11.1 Å². The van der Waals surface area contributed by atoms with Crippen LogP contribution in [0.25, 0.3) is 0 Å². The molecule has 0 fully saturated rings. The van der Waals surface area contributed by atoms with E-state index in [4.69, 9.17) is 21.1 Å². The Morgan fingerprint density at radius 2 is 1.78 bits per heavy atom. The monoisotopic (exact) mass is 549 g/mol. The predicted octanol–water partition coefficient (Wildman–Crippen LogP) is 3.57. The number of ether oxygens (including phenoxy) is 5. The number of halogens is 4. The highest BCUT2D eigenvalue weighted by Crippen LogP contribution is 2.36. The van der Waals surface area contributed by atoms with Gasteiger partial charge in [0, 0.05) is 7.11 Å². The molecule has 15 heteroatoms. The molecule has 0 aliphatic rings. The third-order valence-electron chi connectivity index (χ3n) is 4.25. The van der Waals surface area contributed by atoms with Gasteiger partial charge >= 0.3 is 30.3 Å². The Morgan fingerprint density at radius 3 is 2.41 bits per heavy atom. The van der Waals surface area contributed by atoms with E-state index < -0.39 is 47.4 Å². The molecular formula is C22H19ClF3NO10. The molecule has 2 rings (SSSR count). The molecule has 2 aromatic rings. The number of rotatable bonds is 12. The van der Waals surface area contributed by atoms with Crippen LogP contribution in [-0.2, 0) is 45.9 Å². The highest BCUT2D eigenvalue weighted by molar-refractivity contribution is 6.32. The number of alkyl halides is 3. The lowest BCUT2D eigenvalue weighted by atomic mass is 10.1. The molecule has 37 heavy (non-hydrogen) atoms. The number of hydrogen-bond acceptors (Lipinski definition) is 10. The molecule has 0 aromatic heterocycles. The zero-order valence-electron chi connectivity index (χ0n) is 19.0. The number of carbonyl (C=O) groups is 3. The molecule has 0 spiro atoms. The highest BCUT2D eigenvalue weighted by atomic mass is 35.5. The van der Waals surface area contributed by atoms with E-state index in [2.05, 4.69) is 14.2 Å². The largest absolute Gasteiger partial charge is 0.456 e. The third kappa shape index (κ3) is 9.57. The van der Waals surface area contributed by atoms with E-state index in [0.29, 0.717) is 11.6 Å². The molecular weight excluding hydrogens is 531 g/mol. The zero-order valence-corrected chi connectivity index (χ0v) is 19.7. The van der Waals surface area contributed by atoms with Gasteiger partial charge < -0.3 is 23.7 Å². The lowest BCUT2D eigenvalue weighted by Gasteiger charge is -2.12. The van der Waals surface area contributed by atoms with E-state index in [9.17, 15) is 37.7 Å². The summed E-state index contributed by atoms with van der Waals surface area (Å²) in [6.45, 7) is -1.36. The van der Waals surface area contributed by atoms with Crippen molar-refractivity contribution in [3.8, 4) is 11.5 Å². The third-order valence-corrected chi connectivity index (χ3v) is 4.55. The van der Waals surface area contributed by atoms with Gasteiger partial charge in [0.05, 0.1) is 28.5 Å². The van der Waals surface area contributed by atoms with Crippen molar-refractivity contribution in [1.29, 1.82) is 0 Å². The minimum Gasteiger partial charge on any atom is -0.456 e. The van der Waals surface area contributed by atoms with Gasteiger partial charge in [0.2, 0.25) is 0 Å². The topological polar surface area (TPSA) is 140 Å². The molecule has 0 aliphatic heterocycles. The summed E-state index contributed by atoms with van der Waals surface area (Å²) in [5.41, 5.74) is -0.615. The normalized spacial score (nSPS) is 11.8. The molecule has 0 saturated heterocycles. The number of nitrogens with zero attached hydrogens (tertiary/aromatic N) is 1. The van der Waals surface area contributed by atoms with Gasteiger partial charge in [0.25, 0.3) is 0 Å². The molecule has 2 aromatic carbocycles. The molecule has 0 saturated carbocycles. The molecule has 200 valence electrons. The fourth-order valence-electron chi connectivity index (χ4n) is 2.60. The molecule has 1 atom stereocenters. The van der Waals surface area contributed by atoms with Gasteiger partial charge in [-0.1, -0.05) is 23.7 Å². The highest BCUT2D eigenvalue weighted by Gasteiger charge is 2.36. The second-order valence-electron chi connectivity index (χ2n) is 7.02. The molecule has 0 aliphatic carbocycles. The first kappa shape index (κ1) is 29.3. The molecule has 0 heterocycles. The summed E-state index contributed by atoms with van der Waals surface area (Å²) in [5, 5.41) is 10.7. The summed E-state index contributed by atoms with van der Waals surface area (Å²) in [7, 11) is 1.31. The summed E-state index contributed by atoms with van der Waals surface area (Å²) in [5.74, 6) is -3.65. The van der Waals surface area contributed by atoms with E-state index in [1.54, 1.807) is 0 Å². The van der Waals surface area contributed by atoms with Crippen LogP contribution in [0, 0.1) is 10.1 Å². The van der Waals surface area contributed by atoms with Gasteiger partial charge in [-0.05, 0) is 35.9 Å². The van der Waals surface area contributed by atoms with Gasteiger partial charge in [-0.3, -0.25) is 14.9 Å². The maximum absolute atomic E-state index is 12.8. The SMILES string of the molecule is COCCOC(=O)C(OC(=O)COC(=O)Cc1cccc(Oc2ccc(C(F)(F)F)cc2Cl)c1)[N+](=O)[O-]. The van der Waals surface area contributed by atoms with Crippen molar-refractivity contribution < 1.29 is 56.2 Å². The molecule has 11 nitrogen and oxygen atoms in total. The predicted molar refractivity (Wildman–Crippen MR) is 117 cm³/mol. The van der Waals surface area contributed by atoms with Crippen LogP contribution >= 0.6 is 11.6 Å². The van der Waals surface area contributed by atoms with Crippen LogP contribution in [0.3, 0.4) is 0 Å². The average molecular weight is 550 g/mol. The Balaban J connectivity index is 1.91. The molecule has 0 bridgehead atoms. The Kier molecular flexibility index (Phi) is 10.6. The fraction of sp³-hybridized carbons (Fsp3) is 0.318. The summed E-state index contributed by atoms with van der Waals surface area (Å²) in [6.07, 6.45) is -7.40. The van der Waals surface area contributed by atoms with E-state index >= 15 is 0 Å². The van der Waals surface area contributed by atoms with Crippen LogP contribution < -0.4 is 4.74 Å². The van der Waals surface area contributed by atoms with Crippen LogP contribution in [0.4, 0.5) is 13.2 Å². The standard InChI is InChI=1S/C22H19ClF3NO10/c1-33-7-8-34-21(30)20(27(31)32)37-19(29)12-35-18(28)10-13-3-2-4-15(9-13)36-17-6-5-14(11-16(17)23)22(24,25)26/h2-6,9,11,20H,7-8,10,12H2,1H3. The van der Waals surface area contributed by atoms with E-state index in [1.165, 1.54) is 31.4 Å². The number of hydrogen-bond donors (Lipinski definition) is 0. The van der Waals surface area contributed by atoms with Gasteiger partial charge in [0.15, 0.2) is 6.61 Å². The lowest BCUT2D eigenvalue weighted by molar-refractivity contribution is -0.553. The first-order chi connectivity index (χ1) is 17.4. The molecule has 0 N–H and O–H groups in total. The van der Waals surface area contributed by atoms with Crippen LogP contribution in [-0.4, -0.2) is 56.0 Å². The van der Waals surface area contributed by atoms with Crippen molar-refractivity contribution in [1.82, 2.24) is 0 Å². The maximum Gasteiger partial charge on any atom is 0.454 e. The second kappa shape index (κ2) is 13.4. The summed E-state index contributed by atoms with van der Waals surface area (Å²) < 4.78 is 62.1. The Hall–Kier alpha value is -3.91. The maximum atomic E-state index is 12.8. The summed E-state index contributed by atoms with van der Waals surface area (Å²) in [4.78, 5) is 45.3. The zero-order chi connectivity index (χ0) is 27.6. The first-order valence-electron chi connectivity index (χ1n) is 10.2. The number of benzene rings is 2. The smallest absolute Gasteiger partial charge is 0.454 e. The minimum absolute atomic E-state index is 0.0364. The van der Waals surface area contributed by atoms with E-state index in [-0.39, 0.29) is 36.2 Å². The number of nitro groups is 1. The number of methoxy groups -OCH3 is 1. The molecule has 1 unspecified atom stereocenters. The van der Waals surface area contributed by atoms with Gasteiger partial charge in [0.1, 0.15) is 18.1 Å². The van der Waals surface area contributed by atoms with Gasteiger partial charge in [-0.15, -0.1) is 0 Å². The fourth-order valence-corrected chi connectivity index (χ4v) is 2.81. The first-order valence-corrected chi connectivity index (χ1v) is 10.6. The van der Waals surface area contributed by atoms with Crippen molar-refractivity contribution in [3.05, 3.63) is 68.7 Å². The Labute approximate surface area is 212 Å². The van der Waals surface area contributed by atoms with Crippen LogP contribution in [0.5, 0.6) is 11.5 Å². The van der Waals surface area contributed by atoms with Gasteiger partial charge in [-0.25, -0.2) is 9.59 Å². The van der Waals surface area contributed by atoms with Crippen molar-refractivity contribution >= 4 is 29.5 Å². The molecule has 0 radical (unpaired) electrons. The van der Waals surface area contributed by atoms with Crippen molar-refractivity contribution in [3.63, 3.8) is 0 Å². The van der Waals surface area contributed by atoms with Gasteiger partial charge in [-0.2, -0.15) is 13.2 Å². The molecule has 0 amide bonds. The van der Waals surface area contributed by atoms with E-state index in [1.807, 2.05) is 0 Å². The number of esters is 3. The van der Waals surface area contributed by atoms with Crippen LogP contribution in [0.2, 0.25) is 5.02 Å². The number of carbonyl (C=O) groups excluding carboxylic acids is 3. The Bertz CT molecular complexity index is 1140. The quantitative estimate of drug-likeness (QED) is 0.0963. The Morgan fingerprint density at radius 1 is 1.05 bits per heavy atom. The lowest BCUT2D eigenvalue weighted by Crippen LogP contribution is -2.37. The summed E-state index contributed by atoms with van der Waals surface area (Å²) >= 11 is 5.87. The second-order valence-corrected chi connectivity index (χ2v) is 7.42. The van der Waals surface area contributed by atoms with Crippen molar-refractivity contribution in [2.24, 2.45) is 0 Å².